The number of methoxy groups -OCH3 is 1. The molecule has 0 saturated heterocycles. The zero-order chi connectivity index (χ0) is 13.4. The minimum Gasteiger partial charge on any atom is -0.497 e. The molecule has 1 aromatic carbocycles. The van der Waals surface area contributed by atoms with Gasteiger partial charge in [0.15, 0.2) is 6.61 Å². The summed E-state index contributed by atoms with van der Waals surface area (Å²) in [6.45, 7) is 1.59. The van der Waals surface area contributed by atoms with E-state index in [1.165, 1.54) is 4.90 Å². The second-order valence-electron chi connectivity index (χ2n) is 4.27. The summed E-state index contributed by atoms with van der Waals surface area (Å²) in [5.74, 6) is 1.32. The third kappa shape index (κ3) is 5.54. The monoisotopic (exact) mass is 253 g/mol. The van der Waals surface area contributed by atoms with Gasteiger partial charge in [-0.1, -0.05) is 0 Å². The maximum absolute atomic E-state index is 11.5. The molecule has 0 aliphatic rings. The van der Waals surface area contributed by atoms with Crippen LogP contribution >= 0.6 is 0 Å². The highest BCUT2D eigenvalue weighted by atomic mass is 16.5. The second kappa shape index (κ2) is 7.55. The molecule has 2 N–H and O–H groups in total. The van der Waals surface area contributed by atoms with Gasteiger partial charge in [-0.15, -0.1) is 0 Å². The van der Waals surface area contributed by atoms with E-state index in [2.05, 4.69) is 5.32 Å². The van der Waals surface area contributed by atoms with Gasteiger partial charge in [-0.2, -0.15) is 0 Å². The van der Waals surface area contributed by atoms with Crippen molar-refractivity contribution in [3.8, 4) is 11.5 Å². The number of likely N-dealkylation sites (N-methyl/N-ethyl adjacent to an activating group) is 1. The van der Waals surface area contributed by atoms with E-state index in [1.807, 2.05) is 14.1 Å². The molecule has 0 heterocycles. The largest absolute Gasteiger partial charge is 0.497 e. The Balaban J connectivity index is 2.24. The van der Waals surface area contributed by atoms with E-state index < -0.39 is 0 Å². The fourth-order valence-corrected chi connectivity index (χ4v) is 1.32. The Labute approximate surface area is 108 Å². The lowest BCUT2D eigenvalue weighted by Crippen LogP contribution is -3.06. The molecule has 0 aliphatic carbocycles. The van der Waals surface area contributed by atoms with Crippen molar-refractivity contribution in [3.05, 3.63) is 24.3 Å². The zero-order valence-corrected chi connectivity index (χ0v) is 11.2. The van der Waals surface area contributed by atoms with E-state index in [-0.39, 0.29) is 12.5 Å². The van der Waals surface area contributed by atoms with Crippen LogP contribution in [0.5, 0.6) is 11.5 Å². The van der Waals surface area contributed by atoms with Crippen molar-refractivity contribution >= 4 is 5.91 Å². The SMILES string of the molecule is COc1ccc(OCC(=O)NCC[NH+](C)C)cc1. The molecule has 1 amide bonds. The highest BCUT2D eigenvalue weighted by molar-refractivity contribution is 5.77. The quantitative estimate of drug-likeness (QED) is 0.678. The van der Waals surface area contributed by atoms with Gasteiger partial charge in [-0.05, 0) is 24.3 Å². The van der Waals surface area contributed by atoms with Gasteiger partial charge in [-0.3, -0.25) is 4.79 Å². The third-order valence-electron chi connectivity index (χ3n) is 2.38. The summed E-state index contributed by atoms with van der Waals surface area (Å²) >= 11 is 0. The van der Waals surface area contributed by atoms with Crippen LogP contribution in [0.15, 0.2) is 24.3 Å². The van der Waals surface area contributed by atoms with Crippen molar-refractivity contribution in [1.29, 1.82) is 0 Å². The molecule has 1 rings (SSSR count). The van der Waals surface area contributed by atoms with E-state index in [0.29, 0.717) is 12.3 Å². The Kier molecular flexibility index (Phi) is 6.00. The number of benzene rings is 1. The summed E-state index contributed by atoms with van der Waals surface area (Å²) in [5.41, 5.74) is 0. The minimum absolute atomic E-state index is 0.0368. The third-order valence-corrected chi connectivity index (χ3v) is 2.38. The van der Waals surface area contributed by atoms with Crippen LogP contribution in [0.2, 0.25) is 0 Å². The van der Waals surface area contributed by atoms with E-state index in [0.717, 1.165) is 12.3 Å². The number of ether oxygens (including phenoxy) is 2. The predicted molar refractivity (Wildman–Crippen MR) is 69.2 cm³/mol. The Morgan fingerprint density at radius 2 is 1.83 bits per heavy atom. The Morgan fingerprint density at radius 3 is 2.39 bits per heavy atom. The topological polar surface area (TPSA) is 52.0 Å². The molecule has 0 radical (unpaired) electrons. The highest BCUT2D eigenvalue weighted by Gasteiger charge is 2.03. The maximum atomic E-state index is 11.5. The number of nitrogens with one attached hydrogen (secondary N) is 2. The van der Waals surface area contributed by atoms with Gasteiger partial charge in [0.25, 0.3) is 5.91 Å². The molecule has 0 fully saturated rings. The Bertz CT molecular complexity index is 363. The molecular formula is C13H21N2O3+. The van der Waals surface area contributed by atoms with Crippen molar-refractivity contribution in [2.75, 3.05) is 40.9 Å². The minimum atomic E-state index is -0.105. The van der Waals surface area contributed by atoms with E-state index in [9.17, 15) is 4.79 Å². The first-order valence-electron chi connectivity index (χ1n) is 5.94. The van der Waals surface area contributed by atoms with Gasteiger partial charge >= 0.3 is 0 Å². The van der Waals surface area contributed by atoms with E-state index in [1.54, 1.807) is 31.4 Å². The normalized spacial score (nSPS) is 10.2. The number of hydrogen-bond donors (Lipinski definition) is 2. The molecule has 18 heavy (non-hydrogen) atoms. The van der Waals surface area contributed by atoms with Crippen molar-refractivity contribution < 1.29 is 19.2 Å². The van der Waals surface area contributed by atoms with Crippen molar-refractivity contribution in [2.45, 2.75) is 0 Å². The first kappa shape index (κ1) is 14.3. The fraction of sp³-hybridized carbons (Fsp3) is 0.462. The fourth-order valence-electron chi connectivity index (χ4n) is 1.32. The maximum Gasteiger partial charge on any atom is 0.258 e. The first-order chi connectivity index (χ1) is 8.61. The van der Waals surface area contributed by atoms with Gasteiger partial charge in [0, 0.05) is 0 Å². The molecule has 100 valence electrons. The van der Waals surface area contributed by atoms with Crippen LogP contribution in [0.4, 0.5) is 0 Å². The van der Waals surface area contributed by atoms with Crippen molar-refractivity contribution in [1.82, 2.24) is 5.32 Å². The number of amides is 1. The van der Waals surface area contributed by atoms with Crippen LogP contribution in [0.25, 0.3) is 0 Å². The number of hydrogen-bond acceptors (Lipinski definition) is 3. The summed E-state index contributed by atoms with van der Waals surface area (Å²) in [6.07, 6.45) is 0. The van der Waals surface area contributed by atoms with Crippen LogP contribution in [-0.2, 0) is 4.79 Å². The van der Waals surface area contributed by atoms with Crippen molar-refractivity contribution in [2.24, 2.45) is 0 Å². The van der Waals surface area contributed by atoms with Crippen LogP contribution in [0, 0.1) is 0 Å². The number of carbonyl (C=O) groups excluding carboxylic acids is 1. The van der Waals surface area contributed by atoms with E-state index >= 15 is 0 Å². The Morgan fingerprint density at radius 1 is 1.22 bits per heavy atom. The van der Waals surface area contributed by atoms with Crippen molar-refractivity contribution in [3.63, 3.8) is 0 Å². The lowest BCUT2D eigenvalue weighted by molar-refractivity contribution is -0.856. The summed E-state index contributed by atoms with van der Waals surface area (Å²) in [4.78, 5) is 12.7. The van der Waals surface area contributed by atoms with Gasteiger partial charge in [0.1, 0.15) is 11.5 Å². The molecule has 0 spiro atoms. The first-order valence-corrected chi connectivity index (χ1v) is 5.94. The van der Waals surface area contributed by atoms with Gasteiger partial charge in [-0.25, -0.2) is 0 Å². The smallest absolute Gasteiger partial charge is 0.258 e. The highest BCUT2D eigenvalue weighted by Crippen LogP contribution is 2.16. The average Bonchev–Trinajstić information content (AvgIpc) is 2.36. The van der Waals surface area contributed by atoms with Gasteiger partial charge < -0.3 is 19.7 Å². The molecule has 1 aromatic rings. The number of quaternary nitrogens is 1. The van der Waals surface area contributed by atoms with Gasteiger partial charge in [0.05, 0.1) is 34.3 Å². The molecule has 0 bridgehead atoms. The molecular weight excluding hydrogens is 232 g/mol. The molecule has 0 aromatic heterocycles. The molecule has 0 unspecified atom stereocenters. The summed E-state index contributed by atoms with van der Waals surface area (Å²) in [5, 5.41) is 2.80. The second-order valence-corrected chi connectivity index (χ2v) is 4.27. The predicted octanol–water partition coefficient (Wildman–Crippen LogP) is -0.665. The average molecular weight is 253 g/mol. The number of rotatable bonds is 7. The number of carbonyl (C=O) groups is 1. The lowest BCUT2D eigenvalue weighted by Gasteiger charge is -2.09. The summed E-state index contributed by atoms with van der Waals surface area (Å²) in [6, 6.07) is 7.14. The zero-order valence-electron chi connectivity index (χ0n) is 11.2. The Hall–Kier alpha value is -1.75. The van der Waals surface area contributed by atoms with Crippen LogP contribution < -0.4 is 19.7 Å². The molecule has 0 aliphatic heterocycles. The van der Waals surface area contributed by atoms with Gasteiger partial charge in [0.2, 0.25) is 0 Å². The molecule has 0 saturated carbocycles. The van der Waals surface area contributed by atoms with E-state index in [4.69, 9.17) is 9.47 Å². The van der Waals surface area contributed by atoms with Crippen LogP contribution in [0.1, 0.15) is 0 Å². The van der Waals surface area contributed by atoms with Crippen LogP contribution in [0.3, 0.4) is 0 Å². The molecule has 5 nitrogen and oxygen atoms in total. The standard InChI is InChI=1S/C13H20N2O3/c1-15(2)9-8-14-13(16)10-18-12-6-4-11(17-3)5-7-12/h4-7H,8-10H2,1-3H3,(H,14,16)/p+1. The molecule has 5 heteroatoms. The summed E-state index contributed by atoms with van der Waals surface area (Å²) < 4.78 is 10.4. The molecule has 0 atom stereocenters. The van der Waals surface area contributed by atoms with Crippen LogP contribution in [-0.4, -0.2) is 46.8 Å². The summed E-state index contributed by atoms with van der Waals surface area (Å²) in [7, 11) is 5.69. The lowest BCUT2D eigenvalue weighted by atomic mass is 10.3.